The lowest BCUT2D eigenvalue weighted by Crippen LogP contribution is -2.38. The van der Waals surface area contributed by atoms with Crippen LogP contribution in [0.1, 0.15) is 38.4 Å². The van der Waals surface area contributed by atoms with E-state index in [0.29, 0.717) is 18.5 Å². The molecular formula is C21H26N4O6. The van der Waals surface area contributed by atoms with Crippen molar-refractivity contribution in [3.63, 3.8) is 0 Å². The summed E-state index contributed by atoms with van der Waals surface area (Å²) < 4.78 is 15.5. The molecular weight excluding hydrogens is 404 g/mol. The van der Waals surface area contributed by atoms with Gasteiger partial charge in [0.2, 0.25) is 5.95 Å². The molecule has 10 heteroatoms. The van der Waals surface area contributed by atoms with Gasteiger partial charge in [0.1, 0.15) is 18.2 Å². The van der Waals surface area contributed by atoms with Crippen molar-refractivity contribution in [2.24, 2.45) is 0 Å². The molecule has 1 aliphatic rings. The second-order valence-electron chi connectivity index (χ2n) is 8.04. The predicted octanol–water partition coefficient (Wildman–Crippen LogP) is 3.21. The fourth-order valence-corrected chi connectivity index (χ4v) is 2.94. The molecule has 0 radical (unpaired) electrons. The Balaban J connectivity index is 1.51. The lowest BCUT2D eigenvalue weighted by Gasteiger charge is -2.19. The van der Waals surface area contributed by atoms with Crippen molar-refractivity contribution < 1.29 is 28.6 Å². The summed E-state index contributed by atoms with van der Waals surface area (Å²) in [7, 11) is 0. The van der Waals surface area contributed by atoms with Crippen LogP contribution in [0.5, 0.6) is 0 Å². The zero-order valence-electron chi connectivity index (χ0n) is 17.7. The summed E-state index contributed by atoms with van der Waals surface area (Å²) in [6.45, 7) is 5.25. The molecule has 1 fully saturated rings. The first-order valence-corrected chi connectivity index (χ1v) is 9.89. The van der Waals surface area contributed by atoms with Gasteiger partial charge in [0.25, 0.3) is 0 Å². The highest BCUT2D eigenvalue weighted by Gasteiger charge is 2.38. The summed E-state index contributed by atoms with van der Waals surface area (Å²) in [5.41, 5.74) is 0.908. The average Bonchev–Trinajstić information content (AvgIpc) is 3.30. The number of carbonyl (C=O) groups is 3. The maximum atomic E-state index is 12.4. The van der Waals surface area contributed by atoms with Crippen LogP contribution in [0.3, 0.4) is 0 Å². The van der Waals surface area contributed by atoms with Crippen molar-refractivity contribution in [2.75, 3.05) is 12.0 Å². The minimum Gasteiger partial charge on any atom is -0.444 e. The number of aryl methyl sites for hydroxylation is 1. The van der Waals surface area contributed by atoms with Crippen LogP contribution < -0.4 is 5.32 Å². The zero-order valence-corrected chi connectivity index (χ0v) is 17.7. The Kier molecular flexibility index (Phi) is 6.78. The predicted molar refractivity (Wildman–Crippen MR) is 110 cm³/mol. The molecule has 2 heterocycles. The molecule has 0 bridgehead atoms. The normalized spacial score (nSPS) is 16.0. The maximum Gasteiger partial charge on any atom is 0.414 e. The second-order valence-corrected chi connectivity index (χ2v) is 8.04. The molecule has 0 aliphatic carbocycles. The van der Waals surface area contributed by atoms with Crippen LogP contribution in [0.2, 0.25) is 0 Å². The monoisotopic (exact) mass is 430 g/mol. The quantitative estimate of drug-likeness (QED) is 0.533. The van der Waals surface area contributed by atoms with Gasteiger partial charge < -0.3 is 19.2 Å². The molecule has 1 aromatic heterocycles. The number of imidazole rings is 1. The number of cyclic esters (lactones) is 1. The summed E-state index contributed by atoms with van der Waals surface area (Å²) in [5, 5.41) is 2.51. The van der Waals surface area contributed by atoms with Crippen LogP contribution in [-0.4, -0.2) is 51.4 Å². The fraction of sp³-hybridized carbons (Fsp3) is 0.429. The van der Waals surface area contributed by atoms with Gasteiger partial charge in [-0.2, -0.15) is 0 Å². The largest absolute Gasteiger partial charge is 0.444 e. The molecule has 1 aliphatic heterocycles. The smallest absolute Gasteiger partial charge is 0.414 e. The fourth-order valence-electron chi connectivity index (χ4n) is 2.94. The molecule has 2 amide bonds. The topological polar surface area (TPSA) is 123 Å². The van der Waals surface area contributed by atoms with E-state index in [0.717, 1.165) is 5.56 Å². The van der Waals surface area contributed by atoms with Gasteiger partial charge in [-0.05, 0) is 39.2 Å². The molecule has 0 unspecified atom stereocenters. The second kappa shape index (κ2) is 9.50. The summed E-state index contributed by atoms with van der Waals surface area (Å²) >= 11 is 0. The number of nitrogens with one attached hydrogen (secondary N) is 2. The number of aromatic amines is 1. The van der Waals surface area contributed by atoms with Crippen LogP contribution in [0.25, 0.3) is 0 Å². The van der Waals surface area contributed by atoms with Crippen molar-refractivity contribution in [3.05, 3.63) is 47.8 Å². The zero-order chi connectivity index (χ0) is 22.4. The standard InChI is InChI=1S/C21H26N4O6/c1-21(2,3)31-19(27)24-18-22-11-15(23-18)9-10-16-17(26)30-13-25(16)20(28)29-12-14-7-5-4-6-8-14/h4-8,11,16H,9-10,12-13H2,1-3H3,(H2,22,23,24,27)/t16-/m0/s1. The van der Waals surface area contributed by atoms with Crippen LogP contribution in [0.15, 0.2) is 36.5 Å². The van der Waals surface area contributed by atoms with E-state index < -0.39 is 29.8 Å². The Morgan fingerprint density at radius 2 is 2.03 bits per heavy atom. The summed E-state index contributed by atoms with van der Waals surface area (Å²) in [5.74, 6) is -0.249. The molecule has 1 atom stereocenters. The van der Waals surface area contributed by atoms with Crippen molar-refractivity contribution in [1.82, 2.24) is 14.9 Å². The van der Waals surface area contributed by atoms with Crippen LogP contribution in [-0.2, 0) is 32.0 Å². The SMILES string of the molecule is CC(C)(C)OC(=O)Nc1ncc(CC[C@H]2C(=O)OCN2C(=O)OCc2ccccc2)[nH]1. The van der Waals surface area contributed by atoms with E-state index in [1.807, 2.05) is 30.3 Å². The lowest BCUT2D eigenvalue weighted by atomic mass is 10.1. The highest BCUT2D eigenvalue weighted by Crippen LogP contribution is 2.19. The summed E-state index contributed by atoms with van der Waals surface area (Å²) in [6.07, 6.45) is 1.03. The number of amides is 2. The van der Waals surface area contributed by atoms with E-state index in [9.17, 15) is 14.4 Å². The Morgan fingerprint density at radius 3 is 2.74 bits per heavy atom. The Hall–Kier alpha value is -3.56. The molecule has 0 spiro atoms. The van der Waals surface area contributed by atoms with Gasteiger partial charge in [-0.15, -0.1) is 0 Å². The van der Waals surface area contributed by atoms with E-state index >= 15 is 0 Å². The molecule has 3 rings (SSSR count). The number of H-pyrrole nitrogens is 1. The van der Waals surface area contributed by atoms with Gasteiger partial charge in [0.15, 0.2) is 6.73 Å². The number of nitrogens with zero attached hydrogens (tertiary/aromatic N) is 2. The first-order valence-electron chi connectivity index (χ1n) is 9.89. The third-order valence-corrected chi connectivity index (χ3v) is 4.37. The third-order valence-electron chi connectivity index (χ3n) is 4.37. The number of ether oxygens (including phenoxy) is 3. The molecule has 166 valence electrons. The number of rotatable bonds is 6. The Labute approximate surface area is 179 Å². The minimum absolute atomic E-state index is 0.108. The highest BCUT2D eigenvalue weighted by atomic mass is 16.6. The maximum absolute atomic E-state index is 12.4. The van der Waals surface area contributed by atoms with E-state index in [4.69, 9.17) is 14.2 Å². The third kappa shape index (κ3) is 6.46. The number of hydrogen-bond acceptors (Lipinski definition) is 7. The van der Waals surface area contributed by atoms with Gasteiger partial charge in [-0.3, -0.25) is 10.2 Å². The number of benzene rings is 1. The molecule has 2 aromatic rings. The molecule has 31 heavy (non-hydrogen) atoms. The van der Waals surface area contributed by atoms with E-state index in [2.05, 4.69) is 15.3 Å². The number of aromatic nitrogens is 2. The van der Waals surface area contributed by atoms with E-state index in [1.165, 1.54) is 4.90 Å². The van der Waals surface area contributed by atoms with Crippen LogP contribution in [0, 0.1) is 0 Å². The molecule has 1 saturated heterocycles. The molecule has 0 saturated carbocycles. The molecule has 2 N–H and O–H groups in total. The molecule has 1 aromatic carbocycles. The first-order chi connectivity index (χ1) is 14.7. The Bertz CT molecular complexity index is 921. The highest BCUT2D eigenvalue weighted by molar-refractivity contribution is 5.84. The number of anilines is 1. The van der Waals surface area contributed by atoms with Gasteiger partial charge in [-0.25, -0.2) is 19.4 Å². The van der Waals surface area contributed by atoms with Gasteiger partial charge >= 0.3 is 18.2 Å². The van der Waals surface area contributed by atoms with Crippen molar-refractivity contribution in [1.29, 1.82) is 0 Å². The Morgan fingerprint density at radius 1 is 1.29 bits per heavy atom. The molecule has 10 nitrogen and oxygen atoms in total. The summed E-state index contributed by atoms with van der Waals surface area (Å²) in [4.78, 5) is 44.6. The summed E-state index contributed by atoms with van der Waals surface area (Å²) in [6, 6.07) is 8.51. The minimum atomic E-state index is -0.756. The van der Waals surface area contributed by atoms with Gasteiger partial charge in [-0.1, -0.05) is 30.3 Å². The number of esters is 1. The van der Waals surface area contributed by atoms with Gasteiger partial charge in [0, 0.05) is 5.69 Å². The number of hydrogen-bond donors (Lipinski definition) is 2. The van der Waals surface area contributed by atoms with E-state index in [1.54, 1.807) is 27.0 Å². The van der Waals surface area contributed by atoms with Crippen LogP contribution >= 0.6 is 0 Å². The van der Waals surface area contributed by atoms with Crippen molar-refractivity contribution in [2.45, 2.75) is 51.9 Å². The van der Waals surface area contributed by atoms with Crippen molar-refractivity contribution >= 4 is 24.1 Å². The first kappa shape index (κ1) is 22.1. The van der Waals surface area contributed by atoms with E-state index in [-0.39, 0.29) is 19.3 Å². The lowest BCUT2D eigenvalue weighted by molar-refractivity contribution is -0.139. The van der Waals surface area contributed by atoms with Crippen molar-refractivity contribution in [3.8, 4) is 0 Å². The number of carbonyl (C=O) groups excluding carboxylic acids is 3. The van der Waals surface area contributed by atoms with Crippen LogP contribution in [0.4, 0.5) is 15.5 Å². The van der Waals surface area contributed by atoms with Gasteiger partial charge in [0.05, 0.1) is 6.20 Å². The average molecular weight is 430 g/mol.